The van der Waals surface area contributed by atoms with Crippen molar-refractivity contribution in [2.75, 3.05) is 11.5 Å². The quantitative estimate of drug-likeness (QED) is 0.575. The Kier molecular flexibility index (Phi) is 2.27. The van der Waals surface area contributed by atoms with Gasteiger partial charge in [0.25, 0.3) is 0 Å². The van der Waals surface area contributed by atoms with E-state index >= 15 is 0 Å². The molecule has 0 aliphatic heterocycles. The van der Waals surface area contributed by atoms with Crippen LogP contribution in [0.15, 0.2) is 10.2 Å². The number of nitrogens with two attached hydrogens (primary N) is 2. The molecule has 0 unspecified atom stereocenters. The maximum absolute atomic E-state index is 5.48. The van der Waals surface area contributed by atoms with Gasteiger partial charge in [0.15, 0.2) is 11.5 Å². The Bertz CT molecular complexity index is 267. The number of nitrogens with one attached hydrogen (secondary N) is 1. The van der Waals surface area contributed by atoms with E-state index in [9.17, 15) is 0 Å². The topological polar surface area (TPSA) is 105 Å². The van der Waals surface area contributed by atoms with E-state index in [1.54, 1.807) is 0 Å². The van der Waals surface area contributed by atoms with E-state index in [1.165, 1.54) is 0 Å². The molecule has 12 heavy (non-hydrogen) atoms. The van der Waals surface area contributed by atoms with Crippen molar-refractivity contribution in [2.24, 2.45) is 10.2 Å². The maximum Gasteiger partial charge on any atom is 0.175 e. The number of hydrogen-bond acceptors (Lipinski definition) is 5. The number of aromatic amines is 1. The molecule has 0 fully saturated rings. The van der Waals surface area contributed by atoms with E-state index in [2.05, 4.69) is 20.4 Å². The average Bonchev–Trinajstić information content (AvgIpc) is 2.28. The molecule has 0 spiro atoms. The summed E-state index contributed by atoms with van der Waals surface area (Å²) in [6.07, 6.45) is 0. The Hall–Kier alpha value is -1.59. The lowest BCUT2D eigenvalue weighted by Crippen LogP contribution is -1.88. The zero-order valence-electron chi connectivity index (χ0n) is 7.07. The van der Waals surface area contributed by atoms with Crippen LogP contribution in [0.5, 0.6) is 0 Å². The molecular weight excluding hydrogens is 156 g/mol. The van der Waals surface area contributed by atoms with E-state index in [0.717, 1.165) is 0 Å². The maximum atomic E-state index is 5.48. The fraction of sp³-hybridized carbons (Fsp3) is 0.500. The van der Waals surface area contributed by atoms with Crippen molar-refractivity contribution in [3.05, 3.63) is 0 Å². The number of nitrogen functional groups attached to an aromatic ring is 2. The molecule has 0 aliphatic rings. The number of hydrogen-bond donors (Lipinski definition) is 3. The summed E-state index contributed by atoms with van der Waals surface area (Å²) < 4.78 is 0. The number of nitrogens with zero attached hydrogens (tertiary/aromatic N) is 3. The van der Waals surface area contributed by atoms with E-state index in [1.807, 2.05) is 13.8 Å². The number of rotatable bonds is 2. The molecule has 0 aromatic carbocycles. The molecule has 0 bridgehead atoms. The molecule has 0 saturated heterocycles. The van der Waals surface area contributed by atoms with Gasteiger partial charge in [-0.2, -0.15) is 10.2 Å². The third-order valence-electron chi connectivity index (χ3n) is 1.18. The monoisotopic (exact) mass is 168 g/mol. The molecule has 5 N–H and O–H groups in total. The summed E-state index contributed by atoms with van der Waals surface area (Å²) in [7, 11) is 0. The standard InChI is InChI=1S/C6H12N6/c1-3(2)9-10-4-5(7)11-12-6(4)8/h3H,1-2H3,(H5,7,8,11,12). The Labute approximate surface area is 70.1 Å². The molecule has 1 aromatic rings. The van der Waals surface area contributed by atoms with Crippen LogP contribution in [-0.4, -0.2) is 16.2 Å². The first-order chi connectivity index (χ1) is 5.61. The first-order valence-corrected chi connectivity index (χ1v) is 3.61. The van der Waals surface area contributed by atoms with Gasteiger partial charge in [0.2, 0.25) is 0 Å². The van der Waals surface area contributed by atoms with Gasteiger partial charge < -0.3 is 11.5 Å². The number of aromatic nitrogens is 2. The fourth-order valence-electron chi connectivity index (χ4n) is 0.643. The van der Waals surface area contributed by atoms with Crippen LogP contribution in [0.3, 0.4) is 0 Å². The minimum Gasteiger partial charge on any atom is -0.382 e. The van der Waals surface area contributed by atoms with Crippen molar-refractivity contribution >= 4 is 17.3 Å². The van der Waals surface area contributed by atoms with Crippen LogP contribution in [0, 0.1) is 0 Å². The molecule has 6 heteroatoms. The predicted molar refractivity (Wildman–Crippen MR) is 47.1 cm³/mol. The van der Waals surface area contributed by atoms with Crippen LogP contribution in [0.2, 0.25) is 0 Å². The minimum absolute atomic E-state index is 0.124. The Morgan fingerprint density at radius 3 is 2.50 bits per heavy atom. The second kappa shape index (κ2) is 3.21. The Balaban J connectivity index is 2.87. The van der Waals surface area contributed by atoms with Gasteiger partial charge in [0.1, 0.15) is 5.82 Å². The fourth-order valence-corrected chi connectivity index (χ4v) is 0.643. The molecule has 66 valence electrons. The van der Waals surface area contributed by atoms with Crippen LogP contribution >= 0.6 is 0 Å². The highest BCUT2D eigenvalue weighted by Gasteiger charge is 2.05. The number of anilines is 2. The lowest BCUT2D eigenvalue weighted by Gasteiger charge is -1.93. The highest BCUT2D eigenvalue weighted by molar-refractivity contribution is 5.69. The smallest absolute Gasteiger partial charge is 0.175 e. The third kappa shape index (κ3) is 1.71. The van der Waals surface area contributed by atoms with Gasteiger partial charge in [-0.25, -0.2) is 0 Å². The van der Waals surface area contributed by atoms with Crippen LogP contribution in [0.1, 0.15) is 13.8 Å². The van der Waals surface area contributed by atoms with E-state index in [0.29, 0.717) is 11.5 Å². The summed E-state index contributed by atoms with van der Waals surface area (Å²) in [4.78, 5) is 0. The van der Waals surface area contributed by atoms with Crippen molar-refractivity contribution in [1.82, 2.24) is 10.2 Å². The van der Waals surface area contributed by atoms with Gasteiger partial charge in [-0.1, -0.05) is 0 Å². The number of H-pyrrole nitrogens is 1. The molecular formula is C6H12N6. The molecule has 0 atom stereocenters. The molecule has 1 rings (SSSR count). The highest BCUT2D eigenvalue weighted by Crippen LogP contribution is 2.26. The second-order valence-electron chi connectivity index (χ2n) is 2.68. The summed E-state index contributed by atoms with van der Waals surface area (Å²) in [5, 5.41) is 13.9. The first kappa shape index (κ1) is 8.51. The largest absolute Gasteiger partial charge is 0.382 e. The van der Waals surface area contributed by atoms with Gasteiger partial charge in [0, 0.05) is 0 Å². The third-order valence-corrected chi connectivity index (χ3v) is 1.18. The minimum atomic E-state index is 0.124. The Morgan fingerprint density at radius 2 is 2.08 bits per heavy atom. The van der Waals surface area contributed by atoms with Gasteiger partial charge in [0.05, 0.1) is 6.04 Å². The summed E-state index contributed by atoms with van der Waals surface area (Å²) >= 11 is 0. The lowest BCUT2D eigenvalue weighted by atomic mass is 10.4. The van der Waals surface area contributed by atoms with Crippen molar-refractivity contribution < 1.29 is 0 Å². The molecule has 0 saturated carbocycles. The van der Waals surface area contributed by atoms with Gasteiger partial charge >= 0.3 is 0 Å². The average molecular weight is 168 g/mol. The van der Waals surface area contributed by atoms with Crippen LogP contribution in [0.4, 0.5) is 17.3 Å². The zero-order chi connectivity index (χ0) is 9.14. The van der Waals surface area contributed by atoms with Gasteiger partial charge in [-0.15, -0.1) is 5.11 Å². The highest BCUT2D eigenvalue weighted by atomic mass is 15.2. The molecule has 0 radical (unpaired) electrons. The lowest BCUT2D eigenvalue weighted by molar-refractivity contribution is 0.779. The van der Waals surface area contributed by atoms with Crippen molar-refractivity contribution in [3.63, 3.8) is 0 Å². The SMILES string of the molecule is CC(C)N=Nc1c(N)n[nH]c1N. The molecule has 0 amide bonds. The summed E-state index contributed by atoms with van der Waals surface area (Å²) in [5.74, 6) is 0.619. The van der Waals surface area contributed by atoms with Crippen molar-refractivity contribution in [3.8, 4) is 0 Å². The van der Waals surface area contributed by atoms with Crippen LogP contribution < -0.4 is 11.5 Å². The van der Waals surface area contributed by atoms with E-state index in [4.69, 9.17) is 11.5 Å². The molecule has 1 heterocycles. The van der Waals surface area contributed by atoms with Gasteiger partial charge in [-0.05, 0) is 13.8 Å². The molecule has 1 aromatic heterocycles. The van der Waals surface area contributed by atoms with E-state index < -0.39 is 0 Å². The zero-order valence-corrected chi connectivity index (χ0v) is 7.07. The molecule has 6 nitrogen and oxygen atoms in total. The van der Waals surface area contributed by atoms with Crippen LogP contribution in [-0.2, 0) is 0 Å². The normalized spacial score (nSPS) is 11.6. The second-order valence-corrected chi connectivity index (χ2v) is 2.68. The van der Waals surface area contributed by atoms with Crippen molar-refractivity contribution in [2.45, 2.75) is 19.9 Å². The summed E-state index contributed by atoms with van der Waals surface area (Å²) in [6, 6.07) is 0.124. The number of azo groups is 1. The van der Waals surface area contributed by atoms with Gasteiger partial charge in [-0.3, -0.25) is 5.10 Å². The van der Waals surface area contributed by atoms with E-state index in [-0.39, 0.29) is 11.9 Å². The summed E-state index contributed by atoms with van der Waals surface area (Å²) in [5.41, 5.74) is 11.3. The van der Waals surface area contributed by atoms with Crippen molar-refractivity contribution in [1.29, 1.82) is 0 Å². The Morgan fingerprint density at radius 1 is 1.42 bits per heavy atom. The summed E-state index contributed by atoms with van der Waals surface area (Å²) in [6.45, 7) is 3.83. The predicted octanol–water partition coefficient (Wildman–Crippen LogP) is 1.07. The first-order valence-electron chi connectivity index (χ1n) is 3.61. The van der Waals surface area contributed by atoms with Crippen LogP contribution in [0.25, 0.3) is 0 Å². The molecule has 0 aliphatic carbocycles.